The van der Waals surface area contributed by atoms with Crippen molar-refractivity contribution >= 4 is 15.9 Å². The van der Waals surface area contributed by atoms with Gasteiger partial charge in [-0.25, -0.2) is 0 Å². The number of aromatic hydroxyl groups is 1. The van der Waals surface area contributed by atoms with Crippen LogP contribution >= 0.6 is 15.9 Å². The molecule has 20 heavy (non-hydrogen) atoms. The van der Waals surface area contributed by atoms with Gasteiger partial charge in [-0.15, -0.1) is 0 Å². The molecule has 1 aliphatic carbocycles. The van der Waals surface area contributed by atoms with Crippen molar-refractivity contribution in [3.63, 3.8) is 0 Å². The highest BCUT2D eigenvalue weighted by Gasteiger charge is 2.16. The molecule has 1 saturated carbocycles. The van der Waals surface area contributed by atoms with Crippen molar-refractivity contribution in [2.24, 2.45) is 0 Å². The van der Waals surface area contributed by atoms with Crippen LogP contribution in [-0.2, 0) is 4.74 Å². The van der Waals surface area contributed by atoms with Gasteiger partial charge in [0.25, 0.3) is 0 Å². The Kier molecular flexibility index (Phi) is 6.33. The number of hydrogen-bond donors (Lipinski definition) is 2. The van der Waals surface area contributed by atoms with Crippen LogP contribution in [-0.4, -0.2) is 24.4 Å². The summed E-state index contributed by atoms with van der Waals surface area (Å²) in [6.45, 7) is 3.69. The van der Waals surface area contributed by atoms with Crippen LogP contribution in [0, 0.1) is 0 Å². The molecule has 3 nitrogen and oxygen atoms in total. The third-order valence-corrected chi connectivity index (χ3v) is 4.42. The SMILES string of the molecule is CCC(NCCOC1CCCC1)c1cc(Br)ccc1O. The summed E-state index contributed by atoms with van der Waals surface area (Å²) in [7, 11) is 0. The second-order valence-electron chi connectivity index (χ2n) is 5.40. The molecular weight excluding hydrogens is 318 g/mol. The molecule has 0 amide bonds. The highest BCUT2D eigenvalue weighted by atomic mass is 79.9. The zero-order valence-electron chi connectivity index (χ0n) is 12.1. The van der Waals surface area contributed by atoms with Gasteiger partial charge in [-0.3, -0.25) is 0 Å². The van der Waals surface area contributed by atoms with E-state index >= 15 is 0 Å². The molecule has 0 heterocycles. The second kappa shape index (κ2) is 8.01. The first kappa shape index (κ1) is 15.8. The minimum Gasteiger partial charge on any atom is -0.508 e. The van der Waals surface area contributed by atoms with Crippen molar-refractivity contribution in [2.45, 2.75) is 51.2 Å². The molecule has 1 fully saturated rings. The molecule has 2 N–H and O–H groups in total. The smallest absolute Gasteiger partial charge is 0.120 e. The summed E-state index contributed by atoms with van der Waals surface area (Å²) in [6, 6.07) is 5.74. The van der Waals surface area contributed by atoms with Gasteiger partial charge in [-0.1, -0.05) is 35.7 Å². The quantitative estimate of drug-likeness (QED) is 0.732. The van der Waals surface area contributed by atoms with Gasteiger partial charge in [-0.2, -0.15) is 0 Å². The maximum Gasteiger partial charge on any atom is 0.120 e. The number of halogens is 1. The van der Waals surface area contributed by atoms with E-state index in [9.17, 15) is 5.11 Å². The molecule has 0 aromatic heterocycles. The minimum atomic E-state index is 0.166. The fourth-order valence-corrected chi connectivity index (χ4v) is 3.17. The van der Waals surface area contributed by atoms with Crippen molar-refractivity contribution in [3.05, 3.63) is 28.2 Å². The van der Waals surface area contributed by atoms with Crippen LogP contribution in [0.3, 0.4) is 0 Å². The van der Waals surface area contributed by atoms with E-state index in [0.29, 0.717) is 11.9 Å². The zero-order chi connectivity index (χ0) is 14.4. The number of benzene rings is 1. The predicted octanol–water partition coefficient (Wildman–Crippen LogP) is 4.15. The molecule has 1 aliphatic rings. The van der Waals surface area contributed by atoms with E-state index in [-0.39, 0.29) is 6.04 Å². The lowest BCUT2D eigenvalue weighted by Crippen LogP contribution is -2.26. The van der Waals surface area contributed by atoms with Crippen LogP contribution in [0.1, 0.15) is 50.6 Å². The van der Waals surface area contributed by atoms with E-state index in [1.165, 1.54) is 25.7 Å². The standard InChI is InChI=1S/C16H24BrNO2/c1-2-15(14-11-12(17)7-8-16(14)19)18-9-10-20-13-5-3-4-6-13/h7-8,11,13,15,18-19H,2-6,9-10H2,1H3. The van der Waals surface area contributed by atoms with Crippen LogP contribution in [0.2, 0.25) is 0 Å². The van der Waals surface area contributed by atoms with Gasteiger partial charge < -0.3 is 15.2 Å². The lowest BCUT2D eigenvalue weighted by Gasteiger charge is -2.20. The van der Waals surface area contributed by atoms with Crippen molar-refractivity contribution in [1.29, 1.82) is 0 Å². The topological polar surface area (TPSA) is 41.5 Å². The Hall–Kier alpha value is -0.580. The summed E-state index contributed by atoms with van der Waals surface area (Å²) in [5, 5.41) is 13.4. The van der Waals surface area contributed by atoms with E-state index in [0.717, 1.165) is 29.6 Å². The number of phenols is 1. The normalized spacial score (nSPS) is 17.5. The lowest BCUT2D eigenvalue weighted by atomic mass is 10.0. The second-order valence-corrected chi connectivity index (χ2v) is 6.31. The van der Waals surface area contributed by atoms with Gasteiger partial charge >= 0.3 is 0 Å². The van der Waals surface area contributed by atoms with Crippen LogP contribution in [0.15, 0.2) is 22.7 Å². The summed E-state index contributed by atoms with van der Waals surface area (Å²) in [5.74, 6) is 0.351. The van der Waals surface area contributed by atoms with E-state index in [2.05, 4.69) is 28.2 Å². The monoisotopic (exact) mass is 341 g/mol. The average molecular weight is 342 g/mol. The highest BCUT2D eigenvalue weighted by molar-refractivity contribution is 9.10. The van der Waals surface area contributed by atoms with Gasteiger partial charge in [0, 0.05) is 22.6 Å². The van der Waals surface area contributed by atoms with E-state index in [1.54, 1.807) is 6.07 Å². The van der Waals surface area contributed by atoms with Crippen LogP contribution in [0.5, 0.6) is 5.75 Å². The van der Waals surface area contributed by atoms with Crippen molar-refractivity contribution in [2.75, 3.05) is 13.2 Å². The third kappa shape index (κ3) is 4.47. The van der Waals surface area contributed by atoms with Crippen LogP contribution < -0.4 is 5.32 Å². The predicted molar refractivity (Wildman–Crippen MR) is 85.0 cm³/mol. The first-order valence-corrected chi connectivity index (χ1v) is 8.33. The molecule has 0 spiro atoms. The molecule has 0 saturated heterocycles. The largest absolute Gasteiger partial charge is 0.508 e. The number of hydrogen-bond acceptors (Lipinski definition) is 3. The summed E-state index contributed by atoms with van der Waals surface area (Å²) in [5.41, 5.74) is 0.947. The highest BCUT2D eigenvalue weighted by Crippen LogP contribution is 2.29. The Morgan fingerprint density at radius 3 is 2.85 bits per heavy atom. The Morgan fingerprint density at radius 1 is 1.40 bits per heavy atom. The summed E-state index contributed by atoms with van der Waals surface area (Å²) in [6.07, 6.45) is 6.44. The molecule has 0 aliphatic heterocycles. The summed E-state index contributed by atoms with van der Waals surface area (Å²) >= 11 is 3.46. The van der Waals surface area contributed by atoms with Gasteiger partial charge in [0.15, 0.2) is 0 Å². The molecule has 4 heteroatoms. The maximum absolute atomic E-state index is 9.97. The fraction of sp³-hybridized carbons (Fsp3) is 0.625. The molecular formula is C16H24BrNO2. The van der Waals surface area contributed by atoms with Gasteiger partial charge in [0.2, 0.25) is 0 Å². The maximum atomic E-state index is 9.97. The lowest BCUT2D eigenvalue weighted by molar-refractivity contribution is 0.0590. The molecule has 1 aromatic carbocycles. The molecule has 0 bridgehead atoms. The number of ether oxygens (including phenoxy) is 1. The average Bonchev–Trinajstić information content (AvgIpc) is 2.95. The number of nitrogens with one attached hydrogen (secondary N) is 1. The Morgan fingerprint density at radius 2 is 2.15 bits per heavy atom. The van der Waals surface area contributed by atoms with E-state index in [4.69, 9.17) is 4.74 Å². The molecule has 1 aromatic rings. The van der Waals surface area contributed by atoms with Gasteiger partial charge in [-0.05, 0) is 37.5 Å². The van der Waals surface area contributed by atoms with Crippen molar-refractivity contribution in [1.82, 2.24) is 5.32 Å². The number of phenolic OH excluding ortho intramolecular Hbond substituents is 1. The van der Waals surface area contributed by atoms with Gasteiger partial charge in [0.1, 0.15) is 5.75 Å². The Balaban J connectivity index is 1.80. The molecule has 1 unspecified atom stereocenters. The minimum absolute atomic E-state index is 0.166. The molecule has 112 valence electrons. The molecule has 2 rings (SSSR count). The molecule has 1 atom stereocenters. The number of rotatable bonds is 7. The Labute approximate surface area is 129 Å². The first-order valence-electron chi connectivity index (χ1n) is 7.54. The van der Waals surface area contributed by atoms with Gasteiger partial charge in [0.05, 0.1) is 12.7 Å². The Bertz CT molecular complexity index is 419. The molecule has 0 radical (unpaired) electrons. The van der Waals surface area contributed by atoms with Crippen LogP contribution in [0.4, 0.5) is 0 Å². The first-order chi connectivity index (χ1) is 9.70. The third-order valence-electron chi connectivity index (χ3n) is 3.92. The van der Waals surface area contributed by atoms with E-state index < -0.39 is 0 Å². The fourth-order valence-electron chi connectivity index (χ4n) is 2.79. The zero-order valence-corrected chi connectivity index (χ0v) is 13.7. The summed E-state index contributed by atoms with van der Waals surface area (Å²) in [4.78, 5) is 0. The van der Waals surface area contributed by atoms with Crippen molar-refractivity contribution < 1.29 is 9.84 Å². The van der Waals surface area contributed by atoms with Crippen LogP contribution in [0.25, 0.3) is 0 Å². The van der Waals surface area contributed by atoms with Crippen molar-refractivity contribution in [3.8, 4) is 5.75 Å². The van der Waals surface area contributed by atoms with E-state index in [1.807, 2.05) is 12.1 Å². The summed E-state index contributed by atoms with van der Waals surface area (Å²) < 4.78 is 6.85.